The first-order valence-electron chi connectivity index (χ1n) is 6.48. The molecule has 0 radical (unpaired) electrons. The number of hydrogen-bond donors (Lipinski definition) is 0. The van der Waals surface area contributed by atoms with Crippen molar-refractivity contribution in [3.8, 4) is 0 Å². The van der Waals surface area contributed by atoms with Gasteiger partial charge in [-0.2, -0.15) is 0 Å². The van der Waals surface area contributed by atoms with Crippen LogP contribution in [0.5, 0.6) is 0 Å². The summed E-state index contributed by atoms with van der Waals surface area (Å²) in [4.78, 5) is 0. The van der Waals surface area contributed by atoms with Gasteiger partial charge in [-0.1, -0.05) is 50.1 Å². The van der Waals surface area contributed by atoms with Gasteiger partial charge in [0.05, 0.1) is 0 Å². The predicted octanol–water partition coefficient (Wildman–Crippen LogP) is 5.96. The molecule has 0 nitrogen and oxygen atoms in total. The standard InChI is InChI=1S/C16H23I/c1-5-6-7-16(17)11-15-10-14(12(2)3)9-8-13(15)4/h6-7,10-12H,5,8-9H2,1-4H3/b7-6-,16-11-. The molecule has 1 aliphatic rings. The van der Waals surface area contributed by atoms with Crippen LogP contribution in [0, 0.1) is 5.92 Å². The summed E-state index contributed by atoms with van der Waals surface area (Å²) in [6.07, 6.45) is 12.7. The van der Waals surface area contributed by atoms with Crippen molar-refractivity contribution in [1.82, 2.24) is 0 Å². The Labute approximate surface area is 120 Å². The van der Waals surface area contributed by atoms with Gasteiger partial charge in [0.1, 0.15) is 0 Å². The van der Waals surface area contributed by atoms with Gasteiger partial charge in [0, 0.05) is 3.58 Å². The Hall–Kier alpha value is -0.310. The minimum absolute atomic E-state index is 0.676. The molecule has 0 spiro atoms. The summed E-state index contributed by atoms with van der Waals surface area (Å²) in [5, 5.41) is 0. The number of rotatable bonds is 4. The molecule has 1 aliphatic carbocycles. The van der Waals surface area contributed by atoms with Gasteiger partial charge in [-0.25, -0.2) is 0 Å². The first-order valence-corrected chi connectivity index (χ1v) is 7.56. The lowest BCUT2D eigenvalue weighted by Crippen LogP contribution is -2.01. The summed E-state index contributed by atoms with van der Waals surface area (Å²) < 4.78 is 1.32. The monoisotopic (exact) mass is 342 g/mol. The largest absolute Gasteiger partial charge is 0.0838 e. The van der Waals surface area contributed by atoms with E-state index in [1.165, 1.54) is 27.6 Å². The van der Waals surface area contributed by atoms with E-state index in [2.05, 4.69) is 74.6 Å². The number of halogens is 1. The van der Waals surface area contributed by atoms with E-state index in [0.717, 1.165) is 6.42 Å². The number of allylic oxidation sites excluding steroid dienone is 8. The minimum Gasteiger partial charge on any atom is -0.0838 e. The Morgan fingerprint density at radius 3 is 2.71 bits per heavy atom. The molecule has 0 saturated carbocycles. The van der Waals surface area contributed by atoms with Crippen molar-refractivity contribution in [3.63, 3.8) is 0 Å². The predicted molar refractivity (Wildman–Crippen MR) is 86.4 cm³/mol. The normalized spacial score (nSPS) is 18.2. The van der Waals surface area contributed by atoms with Crippen molar-refractivity contribution < 1.29 is 0 Å². The van der Waals surface area contributed by atoms with E-state index in [9.17, 15) is 0 Å². The lowest BCUT2D eigenvalue weighted by Gasteiger charge is -2.19. The Kier molecular flexibility index (Phi) is 6.24. The first kappa shape index (κ1) is 14.7. The SMILES string of the molecule is CC/C=C\C(I)=C\C1=C(C)CCC(C(C)C)=C1. The van der Waals surface area contributed by atoms with Crippen LogP contribution in [0.1, 0.15) is 47.0 Å². The zero-order chi connectivity index (χ0) is 12.8. The molecule has 0 amide bonds. The molecule has 0 aliphatic heterocycles. The second-order valence-electron chi connectivity index (χ2n) is 4.95. The molecule has 0 atom stereocenters. The van der Waals surface area contributed by atoms with E-state index < -0.39 is 0 Å². The minimum atomic E-state index is 0.676. The third kappa shape index (κ3) is 4.82. The van der Waals surface area contributed by atoms with Crippen molar-refractivity contribution in [1.29, 1.82) is 0 Å². The average molecular weight is 342 g/mol. The van der Waals surface area contributed by atoms with E-state index in [-0.39, 0.29) is 0 Å². The van der Waals surface area contributed by atoms with Crippen LogP contribution in [0.4, 0.5) is 0 Å². The molecule has 1 rings (SSSR count). The summed E-state index contributed by atoms with van der Waals surface area (Å²) in [5.74, 6) is 0.676. The Bertz CT molecular complexity index is 378. The van der Waals surface area contributed by atoms with Crippen molar-refractivity contribution in [3.05, 3.63) is 44.6 Å². The second-order valence-corrected chi connectivity index (χ2v) is 6.20. The van der Waals surface area contributed by atoms with Crippen LogP contribution in [0.15, 0.2) is 44.6 Å². The Morgan fingerprint density at radius 2 is 2.12 bits per heavy atom. The lowest BCUT2D eigenvalue weighted by atomic mass is 9.87. The van der Waals surface area contributed by atoms with E-state index in [1.54, 1.807) is 5.57 Å². The van der Waals surface area contributed by atoms with Crippen LogP contribution in [0.2, 0.25) is 0 Å². The highest BCUT2D eigenvalue weighted by molar-refractivity contribution is 14.1. The molecule has 0 bridgehead atoms. The topological polar surface area (TPSA) is 0 Å². The Balaban J connectivity index is 2.92. The molecule has 0 heterocycles. The summed E-state index contributed by atoms with van der Waals surface area (Å²) in [7, 11) is 0. The average Bonchev–Trinajstić information content (AvgIpc) is 2.29. The highest BCUT2D eigenvalue weighted by Crippen LogP contribution is 2.30. The molecule has 0 fully saturated rings. The number of hydrogen-bond acceptors (Lipinski definition) is 0. The molecule has 1 heteroatoms. The maximum Gasteiger partial charge on any atom is 0.0133 e. The quantitative estimate of drug-likeness (QED) is 0.436. The van der Waals surface area contributed by atoms with Crippen LogP contribution in [0.25, 0.3) is 0 Å². The summed E-state index contributed by atoms with van der Waals surface area (Å²) in [6, 6.07) is 0. The Morgan fingerprint density at radius 1 is 1.41 bits per heavy atom. The molecule has 0 aromatic carbocycles. The molecule has 94 valence electrons. The van der Waals surface area contributed by atoms with Crippen molar-refractivity contribution in [2.24, 2.45) is 5.92 Å². The molecule has 17 heavy (non-hydrogen) atoms. The third-order valence-corrected chi connectivity index (χ3v) is 3.84. The van der Waals surface area contributed by atoms with Crippen molar-refractivity contribution >= 4 is 22.6 Å². The third-order valence-electron chi connectivity index (χ3n) is 3.17. The van der Waals surface area contributed by atoms with Crippen molar-refractivity contribution in [2.75, 3.05) is 0 Å². The lowest BCUT2D eigenvalue weighted by molar-refractivity contribution is 0.697. The van der Waals surface area contributed by atoms with E-state index in [0.29, 0.717) is 5.92 Å². The van der Waals surface area contributed by atoms with Gasteiger partial charge in [-0.15, -0.1) is 0 Å². The van der Waals surface area contributed by atoms with E-state index in [4.69, 9.17) is 0 Å². The van der Waals surface area contributed by atoms with Crippen LogP contribution >= 0.6 is 22.6 Å². The second kappa shape index (κ2) is 7.20. The van der Waals surface area contributed by atoms with Gasteiger partial charge in [0.25, 0.3) is 0 Å². The molecular formula is C16H23I. The maximum absolute atomic E-state index is 2.41. The summed E-state index contributed by atoms with van der Waals surface area (Å²) in [5.41, 5.74) is 4.53. The molecule has 0 unspecified atom stereocenters. The van der Waals surface area contributed by atoms with Crippen LogP contribution in [0.3, 0.4) is 0 Å². The molecule has 0 N–H and O–H groups in total. The molecule has 0 aromatic heterocycles. The van der Waals surface area contributed by atoms with Gasteiger partial charge in [-0.3, -0.25) is 0 Å². The fourth-order valence-corrected chi connectivity index (χ4v) is 2.51. The van der Waals surface area contributed by atoms with Gasteiger partial charge < -0.3 is 0 Å². The maximum atomic E-state index is 2.41. The zero-order valence-corrected chi connectivity index (χ0v) is 13.5. The van der Waals surface area contributed by atoms with Crippen LogP contribution < -0.4 is 0 Å². The van der Waals surface area contributed by atoms with Gasteiger partial charge in [0.2, 0.25) is 0 Å². The zero-order valence-electron chi connectivity index (χ0n) is 11.4. The fourth-order valence-electron chi connectivity index (χ4n) is 1.92. The molecular weight excluding hydrogens is 319 g/mol. The highest BCUT2D eigenvalue weighted by Gasteiger charge is 2.11. The molecule has 0 saturated heterocycles. The highest BCUT2D eigenvalue weighted by atomic mass is 127. The van der Waals surface area contributed by atoms with Gasteiger partial charge >= 0.3 is 0 Å². The fraction of sp³-hybridized carbons (Fsp3) is 0.500. The smallest absolute Gasteiger partial charge is 0.0133 e. The van der Waals surface area contributed by atoms with E-state index in [1.807, 2.05) is 0 Å². The van der Waals surface area contributed by atoms with Gasteiger partial charge in [0.15, 0.2) is 0 Å². The van der Waals surface area contributed by atoms with Crippen molar-refractivity contribution in [2.45, 2.75) is 47.0 Å². The summed E-state index contributed by atoms with van der Waals surface area (Å²) >= 11 is 2.41. The van der Waals surface area contributed by atoms with Crippen LogP contribution in [-0.4, -0.2) is 0 Å². The van der Waals surface area contributed by atoms with Crippen LogP contribution in [-0.2, 0) is 0 Å². The molecule has 0 aromatic rings. The summed E-state index contributed by atoms with van der Waals surface area (Å²) in [6.45, 7) is 9.00. The van der Waals surface area contributed by atoms with Gasteiger partial charge in [-0.05, 0) is 66.3 Å². The van der Waals surface area contributed by atoms with E-state index >= 15 is 0 Å². The first-order chi connectivity index (χ1) is 8.04.